The van der Waals surface area contributed by atoms with Crippen molar-refractivity contribution in [2.24, 2.45) is 0 Å². The van der Waals surface area contributed by atoms with Crippen molar-refractivity contribution in [2.45, 2.75) is 45.4 Å². The summed E-state index contributed by atoms with van der Waals surface area (Å²) in [4.78, 5) is 2.39. The van der Waals surface area contributed by atoms with Crippen LogP contribution >= 0.6 is 0 Å². The van der Waals surface area contributed by atoms with Crippen molar-refractivity contribution < 1.29 is 9.47 Å². The molecule has 21 heavy (non-hydrogen) atoms. The molecule has 0 aromatic heterocycles. The molecule has 1 aromatic rings. The lowest BCUT2D eigenvalue weighted by atomic mass is 10.1. The normalized spacial score (nSPS) is 19.8. The molecule has 1 aromatic carbocycles. The maximum absolute atomic E-state index is 5.75. The van der Waals surface area contributed by atoms with Gasteiger partial charge in [-0.05, 0) is 58.0 Å². The fourth-order valence-corrected chi connectivity index (χ4v) is 2.77. The van der Waals surface area contributed by atoms with Gasteiger partial charge in [0.05, 0.1) is 13.2 Å². The fraction of sp³-hybridized carbons (Fsp3) is 0.647. The van der Waals surface area contributed by atoms with Crippen molar-refractivity contribution in [3.8, 4) is 11.5 Å². The Balaban J connectivity index is 1.94. The molecule has 1 unspecified atom stereocenters. The van der Waals surface area contributed by atoms with Gasteiger partial charge in [0.1, 0.15) is 0 Å². The average molecular weight is 292 g/mol. The number of likely N-dealkylation sites (tertiary alicyclic amines) is 1. The van der Waals surface area contributed by atoms with Gasteiger partial charge in [-0.2, -0.15) is 0 Å². The molecule has 0 aliphatic carbocycles. The van der Waals surface area contributed by atoms with Gasteiger partial charge in [0.15, 0.2) is 11.5 Å². The number of methoxy groups -OCH3 is 1. The Bertz CT molecular complexity index is 448. The number of nitrogens with zero attached hydrogens (tertiary/aromatic N) is 1. The zero-order chi connectivity index (χ0) is 15.2. The lowest BCUT2D eigenvalue weighted by Crippen LogP contribution is -2.43. The summed E-state index contributed by atoms with van der Waals surface area (Å²) in [7, 11) is 3.88. The number of ether oxygens (including phenoxy) is 2. The summed E-state index contributed by atoms with van der Waals surface area (Å²) < 4.78 is 11.2. The van der Waals surface area contributed by atoms with Gasteiger partial charge in [0.2, 0.25) is 0 Å². The van der Waals surface area contributed by atoms with Gasteiger partial charge in [0.25, 0.3) is 0 Å². The van der Waals surface area contributed by atoms with E-state index >= 15 is 0 Å². The fourth-order valence-electron chi connectivity index (χ4n) is 2.77. The molecule has 4 heteroatoms. The SMILES string of the molecule is COc1cc(CNC2CCCN(C)C2)ccc1OC(C)C. The first-order valence-corrected chi connectivity index (χ1v) is 7.84. The molecule has 0 spiro atoms. The molecular weight excluding hydrogens is 264 g/mol. The molecule has 1 saturated heterocycles. The van der Waals surface area contributed by atoms with Crippen LogP contribution in [0.15, 0.2) is 18.2 Å². The van der Waals surface area contributed by atoms with Crippen LogP contribution in [0.3, 0.4) is 0 Å². The van der Waals surface area contributed by atoms with E-state index in [1.165, 1.54) is 24.9 Å². The monoisotopic (exact) mass is 292 g/mol. The van der Waals surface area contributed by atoms with Crippen molar-refractivity contribution in [1.29, 1.82) is 0 Å². The number of likely N-dealkylation sites (N-methyl/N-ethyl adjacent to an activating group) is 1. The number of benzene rings is 1. The highest BCUT2D eigenvalue weighted by molar-refractivity contribution is 5.43. The molecule has 1 aliphatic heterocycles. The van der Waals surface area contributed by atoms with Gasteiger partial charge < -0.3 is 19.7 Å². The van der Waals surface area contributed by atoms with Gasteiger partial charge in [-0.1, -0.05) is 6.07 Å². The number of hydrogen-bond acceptors (Lipinski definition) is 4. The summed E-state index contributed by atoms with van der Waals surface area (Å²) in [5.41, 5.74) is 1.23. The molecule has 0 radical (unpaired) electrons. The van der Waals surface area contributed by atoms with E-state index in [0.29, 0.717) is 6.04 Å². The molecule has 0 bridgehead atoms. The average Bonchev–Trinajstić information content (AvgIpc) is 2.45. The van der Waals surface area contributed by atoms with Crippen LogP contribution in [0.5, 0.6) is 11.5 Å². The third-order valence-corrected chi connectivity index (χ3v) is 3.81. The molecule has 1 heterocycles. The van der Waals surface area contributed by atoms with Crippen molar-refractivity contribution in [1.82, 2.24) is 10.2 Å². The molecule has 2 rings (SSSR count). The minimum Gasteiger partial charge on any atom is -0.493 e. The zero-order valence-corrected chi connectivity index (χ0v) is 13.7. The van der Waals surface area contributed by atoms with Crippen molar-refractivity contribution >= 4 is 0 Å². The zero-order valence-electron chi connectivity index (χ0n) is 13.7. The van der Waals surface area contributed by atoms with E-state index in [2.05, 4.69) is 29.4 Å². The standard InChI is InChI=1S/C17H28N2O2/c1-13(2)21-16-8-7-14(10-17(16)20-4)11-18-15-6-5-9-19(3)12-15/h7-8,10,13,15,18H,5-6,9,11-12H2,1-4H3. The maximum atomic E-state index is 5.75. The third kappa shape index (κ3) is 4.90. The van der Waals surface area contributed by atoms with Crippen LogP contribution in [0.4, 0.5) is 0 Å². The van der Waals surface area contributed by atoms with Gasteiger partial charge in [0, 0.05) is 19.1 Å². The highest BCUT2D eigenvalue weighted by Gasteiger charge is 2.16. The molecular formula is C17H28N2O2. The molecule has 118 valence electrons. The predicted molar refractivity (Wildman–Crippen MR) is 86.1 cm³/mol. The summed E-state index contributed by atoms with van der Waals surface area (Å²) in [5.74, 6) is 1.62. The second-order valence-electron chi connectivity index (χ2n) is 6.13. The van der Waals surface area contributed by atoms with Crippen molar-refractivity contribution in [3.05, 3.63) is 23.8 Å². The van der Waals surface area contributed by atoms with E-state index in [9.17, 15) is 0 Å². The molecule has 1 N–H and O–H groups in total. The Labute approximate surface area is 128 Å². The van der Waals surface area contributed by atoms with Crippen LogP contribution in [-0.4, -0.2) is 44.3 Å². The first kappa shape index (κ1) is 16.1. The highest BCUT2D eigenvalue weighted by atomic mass is 16.5. The second kappa shape index (κ2) is 7.66. The number of nitrogens with one attached hydrogen (secondary N) is 1. The molecule has 1 fully saturated rings. The van der Waals surface area contributed by atoms with Crippen LogP contribution in [0.1, 0.15) is 32.3 Å². The Hall–Kier alpha value is -1.26. The lowest BCUT2D eigenvalue weighted by Gasteiger charge is -2.30. The van der Waals surface area contributed by atoms with E-state index < -0.39 is 0 Å². The van der Waals surface area contributed by atoms with E-state index in [1.54, 1.807) is 7.11 Å². The lowest BCUT2D eigenvalue weighted by molar-refractivity contribution is 0.225. The third-order valence-electron chi connectivity index (χ3n) is 3.81. The van der Waals surface area contributed by atoms with Gasteiger partial charge in [-0.25, -0.2) is 0 Å². The molecule has 0 amide bonds. The quantitative estimate of drug-likeness (QED) is 0.874. The molecule has 0 saturated carbocycles. The molecule has 1 atom stereocenters. The minimum absolute atomic E-state index is 0.153. The second-order valence-corrected chi connectivity index (χ2v) is 6.13. The first-order valence-electron chi connectivity index (χ1n) is 7.84. The molecule has 1 aliphatic rings. The van der Waals surface area contributed by atoms with Crippen LogP contribution in [-0.2, 0) is 6.54 Å². The van der Waals surface area contributed by atoms with Crippen molar-refractivity contribution in [3.63, 3.8) is 0 Å². The van der Waals surface area contributed by atoms with E-state index in [4.69, 9.17) is 9.47 Å². The largest absolute Gasteiger partial charge is 0.493 e. The van der Waals surface area contributed by atoms with E-state index in [-0.39, 0.29) is 6.10 Å². The summed E-state index contributed by atoms with van der Waals surface area (Å²) in [6.07, 6.45) is 2.69. The minimum atomic E-state index is 0.153. The summed E-state index contributed by atoms with van der Waals surface area (Å²) in [5, 5.41) is 3.64. The topological polar surface area (TPSA) is 33.7 Å². The Kier molecular flexibility index (Phi) is 5.88. The van der Waals surface area contributed by atoms with E-state index in [1.807, 2.05) is 19.9 Å². The first-order chi connectivity index (χ1) is 10.1. The van der Waals surface area contributed by atoms with Gasteiger partial charge in [-0.15, -0.1) is 0 Å². The predicted octanol–water partition coefficient (Wildman–Crippen LogP) is 2.67. The Morgan fingerprint density at radius 3 is 2.81 bits per heavy atom. The van der Waals surface area contributed by atoms with Gasteiger partial charge >= 0.3 is 0 Å². The molecule has 4 nitrogen and oxygen atoms in total. The number of rotatable bonds is 6. The van der Waals surface area contributed by atoms with Crippen LogP contribution in [0, 0.1) is 0 Å². The Morgan fingerprint density at radius 2 is 2.14 bits per heavy atom. The highest BCUT2D eigenvalue weighted by Crippen LogP contribution is 2.29. The number of hydrogen-bond donors (Lipinski definition) is 1. The van der Waals surface area contributed by atoms with Crippen LogP contribution in [0.2, 0.25) is 0 Å². The maximum Gasteiger partial charge on any atom is 0.161 e. The summed E-state index contributed by atoms with van der Waals surface area (Å²) in [6.45, 7) is 7.26. The smallest absolute Gasteiger partial charge is 0.161 e. The summed E-state index contributed by atoms with van der Waals surface area (Å²) in [6, 6.07) is 6.76. The van der Waals surface area contributed by atoms with Crippen LogP contribution < -0.4 is 14.8 Å². The van der Waals surface area contributed by atoms with Gasteiger partial charge in [-0.3, -0.25) is 0 Å². The van der Waals surface area contributed by atoms with E-state index in [0.717, 1.165) is 24.6 Å². The van der Waals surface area contributed by atoms with Crippen molar-refractivity contribution in [2.75, 3.05) is 27.2 Å². The Morgan fingerprint density at radius 1 is 1.33 bits per heavy atom. The van der Waals surface area contributed by atoms with Crippen LogP contribution in [0.25, 0.3) is 0 Å². The number of piperidine rings is 1. The summed E-state index contributed by atoms with van der Waals surface area (Å²) >= 11 is 0.